The first kappa shape index (κ1) is 23.5. The normalized spacial score (nSPS) is 14.2. The molecule has 0 saturated carbocycles. The number of anilines is 1. The number of primary amides is 1. The van der Waals surface area contributed by atoms with E-state index in [-0.39, 0.29) is 18.3 Å². The van der Waals surface area contributed by atoms with E-state index in [4.69, 9.17) is 5.73 Å². The van der Waals surface area contributed by atoms with Crippen molar-refractivity contribution in [2.45, 2.75) is 19.3 Å². The fourth-order valence-corrected chi connectivity index (χ4v) is 4.61. The number of carbonyl (C=O) groups excluding carboxylic acids is 2. The average Bonchev–Trinajstić information content (AvgIpc) is 3.33. The lowest BCUT2D eigenvalue weighted by molar-refractivity contribution is -0.116. The molecule has 0 atom stereocenters. The summed E-state index contributed by atoms with van der Waals surface area (Å²) in [6, 6.07) is 17.8. The lowest BCUT2D eigenvalue weighted by atomic mass is 9.90. The van der Waals surface area contributed by atoms with Crippen molar-refractivity contribution in [3.63, 3.8) is 0 Å². The molecule has 3 heterocycles. The molecule has 1 saturated heterocycles. The Morgan fingerprint density at radius 3 is 2.47 bits per heavy atom. The lowest BCUT2D eigenvalue weighted by Crippen LogP contribution is -2.39. The topological polar surface area (TPSA) is 117 Å². The first-order chi connectivity index (χ1) is 17.5. The molecule has 36 heavy (non-hydrogen) atoms. The third-order valence-corrected chi connectivity index (χ3v) is 6.52. The smallest absolute Gasteiger partial charge is 0.270 e. The highest BCUT2D eigenvalue weighted by Crippen LogP contribution is 2.28. The molecule has 4 N–H and O–H groups in total. The number of benzene rings is 2. The molecule has 0 spiro atoms. The summed E-state index contributed by atoms with van der Waals surface area (Å²) in [7, 11) is 0. The van der Waals surface area contributed by atoms with Gasteiger partial charge in [-0.2, -0.15) is 0 Å². The minimum atomic E-state index is -0.515. The molecule has 5 rings (SSSR count). The van der Waals surface area contributed by atoms with Crippen LogP contribution in [0.15, 0.2) is 60.7 Å². The van der Waals surface area contributed by atoms with Crippen LogP contribution in [0.25, 0.3) is 22.4 Å². The molecule has 0 aliphatic carbocycles. The van der Waals surface area contributed by atoms with Crippen molar-refractivity contribution in [3.8, 4) is 11.4 Å². The van der Waals surface area contributed by atoms with E-state index < -0.39 is 5.91 Å². The number of nitrogens with two attached hydrogens (primary N) is 1. The van der Waals surface area contributed by atoms with Crippen LogP contribution in [0, 0.1) is 11.7 Å². The lowest BCUT2D eigenvalue weighted by Gasteiger charge is -2.31. The fourth-order valence-electron chi connectivity index (χ4n) is 4.61. The van der Waals surface area contributed by atoms with Gasteiger partial charge in [-0.25, -0.2) is 14.4 Å². The zero-order chi connectivity index (χ0) is 25.1. The van der Waals surface area contributed by atoms with Gasteiger partial charge in [-0.15, -0.1) is 0 Å². The predicted octanol–water partition coefficient (Wildman–Crippen LogP) is 3.76. The van der Waals surface area contributed by atoms with Gasteiger partial charge in [0.25, 0.3) is 5.91 Å². The third-order valence-electron chi connectivity index (χ3n) is 6.52. The second kappa shape index (κ2) is 10.2. The first-order valence-electron chi connectivity index (χ1n) is 12.0. The molecule has 8 nitrogen and oxygen atoms in total. The van der Waals surface area contributed by atoms with Gasteiger partial charge in [0.05, 0.1) is 11.9 Å². The number of rotatable bonds is 7. The van der Waals surface area contributed by atoms with E-state index in [1.54, 1.807) is 6.07 Å². The van der Waals surface area contributed by atoms with Gasteiger partial charge < -0.3 is 20.9 Å². The van der Waals surface area contributed by atoms with Crippen LogP contribution in [0.2, 0.25) is 0 Å². The summed E-state index contributed by atoms with van der Waals surface area (Å²) >= 11 is 0. The second-order valence-electron chi connectivity index (χ2n) is 9.09. The summed E-state index contributed by atoms with van der Waals surface area (Å²) in [5.74, 6) is 0.509. The quantitative estimate of drug-likeness (QED) is 0.368. The van der Waals surface area contributed by atoms with Gasteiger partial charge in [0.15, 0.2) is 5.82 Å². The molecular weight excluding hydrogens is 459 g/mol. The zero-order valence-corrected chi connectivity index (χ0v) is 19.7. The van der Waals surface area contributed by atoms with Gasteiger partial charge in [0.1, 0.15) is 23.0 Å². The summed E-state index contributed by atoms with van der Waals surface area (Å²) < 4.78 is 13.2. The Balaban J connectivity index is 1.34. The molecule has 2 amide bonds. The Kier molecular flexibility index (Phi) is 6.62. The number of likely N-dealkylation sites (tertiary alicyclic amines) is 1. The van der Waals surface area contributed by atoms with Crippen molar-refractivity contribution in [2.75, 3.05) is 25.0 Å². The predicted molar refractivity (Wildman–Crippen MR) is 136 cm³/mol. The molecule has 1 aliphatic heterocycles. The maximum Gasteiger partial charge on any atom is 0.270 e. The van der Waals surface area contributed by atoms with E-state index in [1.165, 1.54) is 12.1 Å². The highest BCUT2D eigenvalue weighted by Gasteiger charge is 2.26. The number of hydrogen-bond acceptors (Lipinski definition) is 5. The van der Waals surface area contributed by atoms with Crippen LogP contribution in [-0.4, -0.2) is 51.3 Å². The summed E-state index contributed by atoms with van der Waals surface area (Å²) in [6.45, 7) is 1.21. The molecule has 1 fully saturated rings. The van der Waals surface area contributed by atoms with Crippen LogP contribution in [-0.2, 0) is 11.2 Å². The van der Waals surface area contributed by atoms with Gasteiger partial charge in [0.2, 0.25) is 5.91 Å². The van der Waals surface area contributed by atoms with Crippen molar-refractivity contribution >= 4 is 28.7 Å². The van der Waals surface area contributed by atoms with Crippen LogP contribution < -0.4 is 11.1 Å². The monoisotopic (exact) mass is 486 g/mol. The van der Waals surface area contributed by atoms with E-state index in [2.05, 4.69) is 20.3 Å². The number of aromatic nitrogens is 3. The maximum absolute atomic E-state index is 13.3. The SMILES string of the molecule is NC(=O)CNc1nc(-c2ccccc2)nc2[nH]c(C(=O)N3CCC(Cc4ccc(F)cc4)CC3)cc12. The summed E-state index contributed by atoms with van der Waals surface area (Å²) in [6.07, 6.45) is 2.64. The van der Waals surface area contributed by atoms with Gasteiger partial charge in [-0.3, -0.25) is 9.59 Å². The number of halogens is 1. The minimum absolute atomic E-state index is 0.0869. The minimum Gasteiger partial charge on any atom is -0.368 e. The van der Waals surface area contributed by atoms with Crippen LogP contribution in [0.3, 0.4) is 0 Å². The van der Waals surface area contributed by atoms with Crippen LogP contribution in [0.4, 0.5) is 10.2 Å². The number of piperidine rings is 1. The molecule has 9 heteroatoms. The molecule has 2 aromatic heterocycles. The summed E-state index contributed by atoms with van der Waals surface area (Å²) in [5, 5.41) is 3.58. The largest absolute Gasteiger partial charge is 0.368 e. The molecule has 1 aliphatic rings. The second-order valence-corrected chi connectivity index (χ2v) is 9.09. The number of fused-ring (bicyclic) bond motifs is 1. The van der Waals surface area contributed by atoms with Gasteiger partial charge >= 0.3 is 0 Å². The number of H-pyrrole nitrogens is 1. The summed E-state index contributed by atoms with van der Waals surface area (Å²) in [5.41, 5.74) is 8.17. The average molecular weight is 487 g/mol. The fraction of sp³-hybridized carbons (Fsp3) is 0.259. The molecule has 0 radical (unpaired) electrons. The van der Waals surface area contributed by atoms with Crippen LogP contribution in [0.1, 0.15) is 28.9 Å². The third kappa shape index (κ3) is 5.19. The highest BCUT2D eigenvalue weighted by atomic mass is 19.1. The van der Waals surface area contributed by atoms with Crippen molar-refractivity contribution < 1.29 is 14.0 Å². The number of nitrogens with zero attached hydrogens (tertiary/aromatic N) is 3. The van der Waals surface area contributed by atoms with Crippen LogP contribution >= 0.6 is 0 Å². The molecule has 4 aromatic rings. The van der Waals surface area contributed by atoms with Crippen molar-refractivity contribution in [2.24, 2.45) is 11.7 Å². The first-order valence-corrected chi connectivity index (χ1v) is 12.0. The zero-order valence-electron chi connectivity index (χ0n) is 19.7. The number of hydrogen-bond donors (Lipinski definition) is 3. The van der Waals surface area contributed by atoms with E-state index in [0.717, 1.165) is 30.4 Å². The molecular formula is C27H27FN6O2. The number of carbonyl (C=O) groups is 2. The molecule has 0 unspecified atom stereocenters. The van der Waals surface area contributed by atoms with Gasteiger partial charge in [-0.05, 0) is 48.9 Å². The molecule has 184 valence electrons. The van der Waals surface area contributed by atoms with Crippen molar-refractivity contribution in [1.82, 2.24) is 19.9 Å². The Labute approximate surface area is 207 Å². The molecule has 0 bridgehead atoms. The van der Waals surface area contributed by atoms with Crippen LogP contribution in [0.5, 0.6) is 0 Å². The Morgan fingerprint density at radius 1 is 1.06 bits per heavy atom. The van der Waals surface area contributed by atoms with Gasteiger partial charge in [-0.1, -0.05) is 42.5 Å². The molecule has 2 aromatic carbocycles. The Bertz CT molecular complexity index is 1380. The number of amides is 2. The van der Waals surface area contributed by atoms with E-state index in [9.17, 15) is 14.0 Å². The standard InChI is InChI=1S/C27H27FN6O2/c28-20-8-6-17(7-9-20)14-18-10-12-34(13-11-18)27(36)22-15-21-25(30-16-23(29)35)32-24(33-26(21)31-22)19-4-2-1-3-5-19/h1-9,15,18H,10-14,16H2,(H2,29,35)(H2,30,31,32,33). The Hall–Kier alpha value is -4.27. The maximum atomic E-state index is 13.3. The van der Waals surface area contributed by atoms with Gasteiger partial charge in [0, 0.05) is 18.7 Å². The van der Waals surface area contributed by atoms with Crippen molar-refractivity contribution in [3.05, 3.63) is 77.7 Å². The Morgan fingerprint density at radius 2 is 1.78 bits per heavy atom. The number of aromatic amines is 1. The van der Waals surface area contributed by atoms with E-state index in [1.807, 2.05) is 47.4 Å². The summed E-state index contributed by atoms with van der Waals surface area (Å²) in [4.78, 5) is 38.9. The number of nitrogens with one attached hydrogen (secondary N) is 2. The van der Waals surface area contributed by atoms with Crippen molar-refractivity contribution in [1.29, 1.82) is 0 Å². The van der Waals surface area contributed by atoms with E-state index in [0.29, 0.717) is 47.4 Å². The van der Waals surface area contributed by atoms with E-state index >= 15 is 0 Å². The highest BCUT2D eigenvalue weighted by molar-refractivity contribution is 6.00.